The Morgan fingerprint density at radius 3 is 2.75 bits per heavy atom. The van der Waals surface area contributed by atoms with Gasteiger partial charge >= 0.3 is 5.97 Å². The van der Waals surface area contributed by atoms with E-state index in [2.05, 4.69) is 0 Å². The standard InChI is InChI=1S/C14H21NO5/c1-19-7-6-15(10-14(17)18)9-13(16)11-4-3-5-12(8-11)20-2/h3-5,8,13,16H,6-7,9-10H2,1-2H3,(H,17,18). The van der Waals surface area contributed by atoms with Gasteiger partial charge in [-0.3, -0.25) is 9.69 Å². The number of carboxylic acid groups (broad SMARTS) is 1. The number of carbonyl (C=O) groups is 1. The number of rotatable bonds is 9. The number of hydrogen-bond acceptors (Lipinski definition) is 5. The topological polar surface area (TPSA) is 79.2 Å². The summed E-state index contributed by atoms with van der Waals surface area (Å²) < 4.78 is 10.0. The lowest BCUT2D eigenvalue weighted by Crippen LogP contribution is -2.36. The van der Waals surface area contributed by atoms with Crippen LogP contribution in [-0.2, 0) is 9.53 Å². The molecular formula is C14H21NO5. The summed E-state index contributed by atoms with van der Waals surface area (Å²) >= 11 is 0. The van der Waals surface area contributed by atoms with Crippen molar-refractivity contribution < 1.29 is 24.5 Å². The molecule has 2 N–H and O–H groups in total. The summed E-state index contributed by atoms with van der Waals surface area (Å²) in [6, 6.07) is 7.09. The summed E-state index contributed by atoms with van der Waals surface area (Å²) in [6.45, 7) is 0.954. The lowest BCUT2D eigenvalue weighted by Gasteiger charge is -2.23. The Hall–Kier alpha value is -1.63. The molecular weight excluding hydrogens is 262 g/mol. The van der Waals surface area contributed by atoms with E-state index in [-0.39, 0.29) is 13.1 Å². The quantitative estimate of drug-likeness (QED) is 0.696. The highest BCUT2D eigenvalue weighted by Crippen LogP contribution is 2.19. The first-order chi connectivity index (χ1) is 9.56. The van der Waals surface area contributed by atoms with Gasteiger partial charge in [-0.1, -0.05) is 12.1 Å². The SMILES string of the molecule is COCCN(CC(=O)O)CC(O)c1cccc(OC)c1. The van der Waals surface area contributed by atoms with E-state index in [1.165, 1.54) is 0 Å². The molecule has 0 aliphatic carbocycles. The average Bonchev–Trinajstić information content (AvgIpc) is 2.44. The van der Waals surface area contributed by atoms with Crippen molar-refractivity contribution in [2.75, 3.05) is 40.5 Å². The molecule has 0 radical (unpaired) electrons. The number of carboxylic acids is 1. The van der Waals surface area contributed by atoms with Crippen LogP contribution in [0.3, 0.4) is 0 Å². The van der Waals surface area contributed by atoms with Gasteiger partial charge in [0.05, 0.1) is 26.4 Å². The van der Waals surface area contributed by atoms with Crippen molar-refractivity contribution in [3.63, 3.8) is 0 Å². The Morgan fingerprint density at radius 2 is 2.15 bits per heavy atom. The fourth-order valence-corrected chi connectivity index (χ4v) is 1.85. The fourth-order valence-electron chi connectivity index (χ4n) is 1.85. The van der Waals surface area contributed by atoms with Crippen molar-refractivity contribution in [2.24, 2.45) is 0 Å². The van der Waals surface area contributed by atoms with Crippen molar-refractivity contribution in [3.05, 3.63) is 29.8 Å². The third-order valence-electron chi connectivity index (χ3n) is 2.88. The van der Waals surface area contributed by atoms with Crippen LogP contribution < -0.4 is 4.74 Å². The molecule has 1 unspecified atom stereocenters. The predicted molar refractivity (Wildman–Crippen MR) is 73.9 cm³/mol. The molecule has 0 aromatic heterocycles. The van der Waals surface area contributed by atoms with Crippen molar-refractivity contribution >= 4 is 5.97 Å². The molecule has 6 nitrogen and oxygen atoms in total. The van der Waals surface area contributed by atoms with E-state index in [4.69, 9.17) is 14.6 Å². The second kappa shape index (κ2) is 8.52. The van der Waals surface area contributed by atoms with Crippen molar-refractivity contribution in [3.8, 4) is 5.75 Å². The third kappa shape index (κ3) is 5.56. The molecule has 0 fully saturated rings. The van der Waals surface area contributed by atoms with E-state index < -0.39 is 12.1 Å². The lowest BCUT2D eigenvalue weighted by molar-refractivity contribution is -0.138. The number of aliphatic hydroxyl groups is 1. The fraction of sp³-hybridized carbons (Fsp3) is 0.500. The molecule has 1 aromatic carbocycles. The van der Waals surface area contributed by atoms with Gasteiger partial charge in [0.2, 0.25) is 0 Å². The van der Waals surface area contributed by atoms with Gasteiger partial charge in [-0.2, -0.15) is 0 Å². The predicted octanol–water partition coefficient (Wildman–Crippen LogP) is 0.762. The largest absolute Gasteiger partial charge is 0.497 e. The number of methoxy groups -OCH3 is 2. The second-order valence-electron chi connectivity index (χ2n) is 4.41. The highest BCUT2D eigenvalue weighted by atomic mass is 16.5. The first kappa shape index (κ1) is 16.4. The first-order valence-corrected chi connectivity index (χ1v) is 6.32. The van der Waals surface area contributed by atoms with Gasteiger partial charge in [0, 0.05) is 20.2 Å². The maximum Gasteiger partial charge on any atom is 0.317 e. The summed E-state index contributed by atoms with van der Waals surface area (Å²) in [7, 11) is 3.11. The Morgan fingerprint density at radius 1 is 1.40 bits per heavy atom. The van der Waals surface area contributed by atoms with Crippen LogP contribution in [0.4, 0.5) is 0 Å². The molecule has 1 rings (SSSR count). The highest BCUT2D eigenvalue weighted by molar-refractivity contribution is 5.69. The maximum atomic E-state index is 10.8. The molecule has 0 saturated carbocycles. The number of benzene rings is 1. The summed E-state index contributed by atoms with van der Waals surface area (Å²) in [5.41, 5.74) is 0.692. The zero-order valence-electron chi connectivity index (χ0n) is 11.8. The van der Waals surface area contributed by atoms with Crippen LogP contribution in [-0.4, -0.2) is 61.5 Å². The monoisotopic (exact) mass is 283 g/mol. The molecule has 1 atom stereocenters. The smallest absolute Gasteiger partial charge is 0.317 e. The van der Waals surface area contributed by atoms with Crippen LogP contribution in [0.25, 0.3) is 0 Å². The van der Waals surface area contributed by atoms with Crippen molar-refractivity contribution in [2.45, 2.75) is 6.10 Å². The van der Waals surface area contributed by atoms with Gasteiger partial charge in [-0.25, -0.2) is 0 Å². The minimum absolute atomic E-state index is 0.135. The molecule has 0 spiro atoms. The van der Waals surface area contributed by atoms with Crippen molar-refractivity contribution in [1.82, 2.24) is 4.90 Å². The number of hydrogen-bond donors (Lipinski definition) is 2. The first-order valence-electron chi connectivity index (χ1n) is 6.32. The normalized spacial score (nSPS) is 12.4. The van der Waals surface area contributed by atoms with E-state index >= 15 is 0 Å². The van der Waals surface area contributed by atoms with Crippen LogP contribution in [0.5, 0.6) is 5.75 Å². The van der Waals surface area contributed by atoms with E-state index in [1.807, 2.05) is 0 Å². The van der Waals surface area contributed by atoms with Gasteiger partial charge in [0.1, 0.15) is 5.75 Å². The average molecular weight is 283 g/mol. The molecule has 6 heteroatoms. The van der Waals surface area contributed by atoms with E-state index in [9.17, 15) is 9.90 Å². The van der Waals surface area contributed by atoms with Crippen LogP contribution in [0.15, 0.2) is 24.3 Å². The molecule has 0 saturated heterocycles. The van der Waals surface area contributed by atoms with E-state index in [1.54, 1.807) is 43.4 Å². The molecule has 0 aliphatic rings. The van der Waals surface area contributed by atoms with Gasteiger partial charge < -0.3 is 19.7 Å². The molecule has 0 heterocycles. The summed E-state index contributed by atoms with van der Waals surface area (Å²) in [4.78, 5) is 12.4. The summed E-state index contributed by atoms with van der Waals surface area (Å²) in [5, 5.41) is 19.1. The zero-order valence-corrected chi connectivity index (χ0v) is 11.8. The summed E-state index contributed by atoms with van der Waals surface area (Å²) in [5.74, 6) is -0.276. The minimum Gasteiger partial charge on any atom is -0.497 e. The van der Waals surface area contributed by atoms with Gasteiger partial charge in [0.15, 0.2) is 0 Å². The molecule has 0 aliphatic heterocycles. The molecule has 20 heavy (non-hydrogen) atoms. The van der Waals surface area contributed by atoms with Crippen LogP contribution in [0.2, 0.25) is 0 Å². The molecule has 0 amide bonds. The van der Waals surface area contributed by atoms with Crippen molar-refractivity contribution in [1.29, 1.82) is 0 Å². The minimum atomic E-state index is -0.932. The number of aliphatic hydroxyl groups excluding tert-OH is 1. The Balaban J connectivity index is 2.67. The molecule has 0 bridgehead atoms. The lowest BCUT2D eigenvalue weighted by atomic mass is 10.1. The Bertz CT molecular complexity index is 424. The number of nitrogens with zero attached hydrogens (tertiary/aromatic N) is 1. The Labute approximate surface area is 118 Å². The van der Waals surface area contributed by atoms with E-state index in [0.29, 0.717) is 24.5 Å². The summed E-state index contributed by atoms with van der Waals surface area (Å²) in [6.07, 6.45) is -0.777. The van der Waals surface area contributed by atoms with Crippen LogP contribution >= 0.6 is 0 Å². The number of aliphatic carboxylic acids is 1. The van der Waals surface area contributed by atoms with Crippen LogP contribution in [0, 0.1) is 0 Å². The maximum absolute atomic E-state index is 10.8. The number of ether oxygens (including phenoxy) is 2. The second-order valence-corrected chi connectivity index (χ2v) is 4.41. The zero-order chi connectivity index (χ0) is 15.0. The molecule has 112 valence electrons. The third-order valence-corrected chi connectivity index (χ3v) is 2.88. The van der Waals surface area contributed by atoms with Gasteiger partial charge in [0.25, 0.3) is 0 Å². The van der Waals surface area contributed by atoms with Gasteiger partial charge in [-0.15, -0.1) is 0 Å². The molecule has 1 aromatic rings. The van der Waals surface area contributed by atoms with Crippen LogP contribution in [0.1, 0.15) is 11.7 Å². The van der Waals surface area contributed by atoms with E-state index in [0.717, 1.165) is 0 Å². The highest BCUT2D eigenvalue weighted by Gasteiger charge is 2.16. The van der Waals surface area contributed by atoms with Gasteiger partial charge in [-0.05, 0) is 17.7 Å². The Kier molecular flexibility index (Phi) is 7.00.